The lowest BCUT2D eigenvalue weighted by Gasteiger charge is -2.16. The first-order valence-corrected chi connectivity index (χ1v) is 6.57. The highest BCUT2D eigenvalue weighted by atomic mass is 16.4. The minimum absolute atomic E-state index is 0.0626. The quantitative estimate of drug-likeness (QED) is 0.908. The summed E-state index contributed by atoms with van der Waals surface area (Å²) >= 11 is 0. The lowest BCUT2D eigenvalue weighted by atomic mass is 10.2. The number of carbonyl (C=O) groups excluding carboxylic acids is 1. The Labute approximate surface area is 122 Å². The third kappa shape index (κ3) is 3.68. The van der Waals surface area contributed by atoms with Gasteiger partial charge in [0.25, 0.3) is 5.91 Å². The Balaban J connectivity index is 2.08. The molecule has 0 saturated carbocycles. The summed E-state index contributed by atoms with van der Waals surface area (Å²) in [5.74, 6) is -1.11. The highest BCUT2D eigenvalue weighted by molar-refractivity contribution is 5.94. The summed E-state index contributed by atoms with van der Waals surface area (Å²) < 4.78 is 1.73. The number of hydrogen-bond acceptors (Lipinski definition) is 3. The first kappa shape index (κ1) is 14.8. The zero-order valence-electron chi connectivity index (χ0n) is 12.0. The number of carboxylic acids is 1. The first-order valence-electron chi connectivity index (χ1n) is 6.57. The molecule has 6 nitrogen and oxygen atoms in total. The standard InChI is InChI=1S/C15H17N3O3/c1-11-7-10-18(16-11)13-5-3-12(4-6-13)15(21)17(2)9-8-14(19)20/h3-7,10H,8-9H2,1-2H3,(H,19,20). The third-order valence-corrected chi connectivity index (χ3v) is 3.11. The van der Waals surface area contributed by atoms with E-state index in [1.165, 1.54) is 4.90 Å². The number of carboxylic acid groups (broad SMARTS) is 1. The summed E-state index contributed by atoms with van der Waals surface area (Å²) in [7, 11) is 1.59. The number of aliphatic carboxylic acids is 1. The molecule has 0 bridgehead atoms. The SMILES string of the molecule is Cc1ccn(-c2ccc(C(=O)N(C)CCC(=O)O)cc2)n1. The topological polar surface area (TPSA) is 75.4 Å². The van der Waals surface area contributed by atoms with Crippen LogP contribution in [0.15, 0.2) is 36.5 Å². The molecule has 1 amide bonds. The van der Waals surface area contributed by atoms with Crippen LogP contribution < -0.4 is 0 Å². The molecular formula is C15H17N3O3. The van der Waals surface area contributed by atoms with Crippen molar-refractivity contribution in [2.45, 2.75) is 13.3 Å². The van der Waals surface area contributed by atoms with E-state index >= 15 is 0 Å². The zero-order chi connectivity index (χ0) is 15.4. The van der Waals surface area contributed by atoms with Gasteiger partial charge < -0.3 is 10.0 Å². The van der Waals surface area contributed by atoms with Gasteiger partial charge in [0, 0.05) is 25.4 Å². The molecule has 0 atom stereocenters. The Bertz CT molecular complexity index is 646. The van der Waals surface area contributed by atoms with Gasteiger partial charge in [-0.25, -0.2) is 4.68 Å². The molecule has 0 aliphatic carbocycles. The summed E-state index contributed by atoms with van der Waals surface area (Å²) in [4.78, 5) is 24.0. The van der Waals surface area contributed by atoms with Crippen LogP contribution in [0.3, 0.4) is 0 Å². The van der Waals surface area contributed by atoms with E-state index in [1.54, 1.807) is 23.9 Å². The summed E-state index contributed by atoms with van der Waals surface area (Å²) in [6, 6.07) is 8.95. The molecule has 0 fully saturated rings. The van der Waals surface area contributed by atoms with Crippen LogP contribution in [0.2, 0.25) is 0 Å². The van der Waals surface area contributed by atoms with E-state index < -0.39 is 5.97 Å². The Morgan fingerprint density at radius 2 is 1.90 bits per heavy atom. The second-order valence-corrected chi connectivity index (χ2v) is 4.82. The summed E-state index contributed by atoms with van der Waals surface area (Å²) in [6.07, 6.45) is 1.79. The van der Waals surface area contributed by atoms with Gasteiger partial charge in [0.15, 0.2) is 0 Å². The molecule has 0 aliphatic heterocycles. The number of hydrogen-bond donors (Lipinski definition) is 1. The minimum Gasteiger partial charge on any atom is -0.481 e. The van der Waals surface area contributed by atoms with Crippen LogP contribution in [-0.2, 0) is 4.79 Å². The maximum absolute atomic E-state index is 12.1. The summed E-state index contributed by atoms with van der Waals surface area (Å²) in [5.41, 5.74) is 2.31. The van der Waals surface area contributed by atoms with Crippen LogP contribution in [0.25, 0.3) is 5.69 Å². The predicted octanol–water partition coefficient (Wildman–Crippen LogP) is 1.73. The van der Waals surface area contributed by atoms with E-state index in [4.69, 9.17) is 5.11 Å². The lowest BCUT2D eigenvalue weighted by Crippen LogP contribution is -2.29. The average Bonchev–Trinajstić information content (AvgIpc) is 2.90. The van der Waals surface area contributed by atoms with Crippen LogP contribution in [0.1, 0.15) is 22.5 Å². The van der Waals surface area contributed by atoms with Gasteiger partial charge in [-0.1, -0.05) is 0 Å². The normalized spacial score (nSPS) is 10.4. The van der Waals surface area contributed by atoms with E-state index in [0.717, 1.165) is 11.4 Å². The Hall–Kier alpha value is -2.63. The van der Waals surface area contributed by atoms with Crippen molar-refractivity contribution < 1.29 is 14.7 Å². The fraction of sp³-hybridized carbons (Fsp3) is 0.267. The van der Waals surface area contributed by atoms with Crippen molar-refractivity contribution in [2.24, 2.45) is 0 Å². The van der Waals surface area contributed by atoms with Crippen molar-refractivity contribution in [1.29, 1.82) is 0 Å². The molecule has 6 heteroatoms. The zero-order valence-corrected chi connectivity index (χ0v) is 12.0. The van der Waals surface area contributed by atoms with Crippen molar-refractivity contribution in [2.75, 3.05) is 13.6 Å². The maximum Gasteiger partial charge on any atom is 0.305 e. The minimum atomic E-state index is -0.918. The first-order chi connectivity index (χ1) is 9.97. The van der Waals surface area contributed by atoms with E-state index in [9.17, 15) is 9.59 Å². The molecule has 0 radical (unpaired) electrons. The third-order valence-electron chi connectivity index (χ3n) is 3.11. The van der Waals surface area contributed by atoms with Crippen molar-refractivity contribution >= 4 is 11.9 Å². The number of carbonyl (C=O) groups is 2. The molecule has 2 aromatic rings. The molecule has 0 aliphatic rings. The van der Waals surface area contributed by atoms with E-state index in [2.05, 4.69) is 5.10 Å². The van der Waals surface area contributed by atoms with Gasteiger partial charge in [0.05, 0.1) is 17.8 Å². The number of aromatic nitrogens is 2. The van der Waals surface area contributed by atoms with Crippen LogP contribution in [0, 0.1) is 6.92 Å². The molecule has 0 unspecified atom stereocenters. The Kier molecular flexibility index (Phi) is 4.37. The van der Waals surface area contributed by atoms with E-state index in [-0.39, 0.29) is 18.9 Å². The van der Waals surface area contributed by atoms with Crippen molar-refractivity contribution in [3.05, 3.63) is 47.8 Å². The molecule has 0 saturated heterocycles. The molecule has 1 heterocycles. The fourth-order valence-electron chi connectivity index (χ4n) is 1.90. The molecule has 1 N–H and O–H groups in total. The molecule has 110 valence electrons. The molecule has 1 aromatic heterocycles. The molecular weight excluding hydrogens is 270 g/mol. The lowest BCUT2D eigenvalue weighted by molar-refractivity contribution is -0.137. The van der Waals surface area contributed by atoms with Gasteiger partial charge >= 0.3 is 5.97 Å². The highest BCUT2D eigenvalue weighted by Gasteiger charge is 2.12. The molecule has 1 aromatic carbocycles. The number of aryl methyl sites for hydroxylation is 1. The van der Waals surface area contributed by atoms with Gasteiger partial charge in [0.1, 0.15) is 0 Å². The van der Waals surface area contributed by atoms with Crippen molar-refractivity contribution in [3.63, 3.8) is 0 Å². The smallest absolute Gasteiger partial charge is 0.305 e. The van der Waals surface area contributed by atoms with Crippen LogP contribution in [0.5, 0.6) is 0 Å². The van der Waals surface area contributed by atoms with Gasteiger partial charge in [-0.2, -0.15) is 5.10 Å². The average molecular weight is 287 g/mol. The number of amides is 1. The van der Waals surface area contributed by atoms with Crippen LogP contribution in [-0.4, -0.2) is 45.3 Å². The largest absolute Gasteiger partial charge is 0.481 e. The molecule has 0 spiro atoms. The molecule has 2 rings (SSSR count). The molecule has 21 heavy (non-hydrogen) atoms. The fourth-order valence-corrected chi connectivity index (χ4v) is 1.90. The highest BCUT2D eigenvalue weighted by Crippen LogP contribution is 2.11. The summed E-state index contributed by atoms with van der Waals surface area (Å²) in [6.45, 7) is 2.10. The maximum atomic E-state index is 12.1. The summed E-state index contributed by atoms with van der Waals surface area (Å²) in [5, 5.41) is 12.9. The van der Waals surface area contributed by atoms with E-state index in [0.29, 0.717) is 5.56 Å². The second kappa shape index (κ2) is 6.21. The van der Waals surface area contributed by atoms with Gasteiger partial charge in [-0.05, 0) is 37.3 Å². The Morgan fingerprint density at radius 3 is 2.43 bits per heavy atom. The number of benzene rings is 1. The predicted molar refractivity (Wildman–Crippen MR) is 77.5 cm³/mol. The van der Waals surface area contributed by atoms with Gasteiger partial charge in [0.2, 0.25) is 0 Å². The van der Waals surface area contributed by atoms with Gasteiger partial charge in [-0.15, -0.1) is 0 Å². The van der Waals surface area contributed by atoms with Gasteiger partial charge in [-0.3, -0.25) is 9.59 Å². The van der Waals surface area contributed by atoms with Crippen molar-refractivity contribution in [1.82, 2.24) is 14.7 Å². The Morgan fingerprint density at radius 1 is 1.24 bits per heavy atom. The van der Waals surface area contributed by atoms with Crippen LogP contribution in [0.4, 0.5) is 0 Å². The number of nitrogens with zero attached hydrogens (tertiary/aromatic N) is 3. The van der Waals surface area contributed by atoms with Crippen LogP contribution >= 0.6 is 0 Å². The van der Waals surface area contributed by atoms with E-state index in [1.807, 2.05) is 31.3 Å². The second-order valence-electron chi connectivity index (χ2n) is 4.82. The van der Waals surface area contributed by atoms with Crippen molar-refractivity contribution in [3.8, 4) is 5.69 Å². The number of rotatable bonds is 5. The monoisotopic (exact) mass is 287 g/mol.